The van der Waals surface area contributed by atoms with Gasteiger partial charge >= 0.3 is 6.01 Å². The summed E-state index contributed by atoms with van der Waals surface area (Å²) in [5.41, 5.74) is 1.25. The zero-order valence-corrected chi connectivity index (χ0v) is 17.2. The van der Waals surface area contributed by atoms with Gasteiger partial charge in [0, 0.05) is 18.8 Å². The standard InChI is InChI=1S/C21H17N5O4S/c1-26(16-7-3-2-4-8-16)31(28,29)17-12-10-15(11-13-17)19(27)23-21-25-24-20(30-21)18-9-5-6-14-22-18/h2-14H,1H3,(H,23,25,27). The summed E-state index contributed by atoms with van der Waals surface area (Å²) in [6.45, 7) is 0. The molecule has 0 fully saturated rings. The summed E-state index contributed by atoms with van der Waals surface area (Å²) in [4.78, 5) is 16.6. The van der Waals surface area contributed by atoms with Crippen molar-refractivity contribution in [1.82, 2.24) is 15.2 Å². The minimum absolute atomic E-state index is 0.0608. The number of sulfonamides is 1. The SMILES string of the molecule is CN(c1ccccc1)S(=O)(=O)c1ccc(C(=O)Nc2nnc(-c3ccccn3)o2)cc1. The normalized spacial score (nSPS) is 11.1. The number of carbonyl (C=O) groups excluding carboxylic acids is 1. The summed E-state index contributed by atoms with van der Waals surface area (Å²) in [5, 5.41) is 10.1. The molecule has 0 radical (unpaired) electrons. The molecule has 2 aromatic heterocycles. The molecule has 0 aliphatic rings. The van der Waals surface area contributed by atoms with Crippen LogP contribution in [0.2, 0.25) is 0 Å². The molecule has 156 valence electrons. The van der Waals surface area contributed by atoms with E-state index in [1.807, 2.05) is 0 Å². The van der Waals surface area contributed by atoms with E-state index in [1.165, 1.54) is 35.6 Å². The van der Waals surface area contributed by atoms with Crippen molar-refractivity contribution in [2.45, 2.75) is 4.90 Å². The minimum Gasteiger partial charge on any atom is -0.401 e. The van der Waals surface area contributed by atoms with Gasteiger partial charge in [0.05, 0.1) is 10.6 Å². The van der Waals surface area contributed by atoms with Crippen molar-refractivity contribution in [2.75, 3.05) is 16.7 Å². The molecular weight excluding hydrogens is 418 g/mol. The van der Waals surface area contributed by atoms with E-state index in [4.69, 9.17) is 4.42 Å². The topological polar surface area (TPSA) is 118 Å². The zero-order chi connectivity index (χ0) is 21.8. The van der Waals surface area contributed by atoms with Gasteiger partial charge < -0.3 is 4.42 Å². The van der Waals surface area contributed by atoms with Crippen LogP contribution in [0.1, 0.15) is 10.4 Å². The Morgan fingerprint density at radius 2 is 1.65 bits per heavy atom. The average Bonchev–Trinajstić information content (AvgIpc) is 3.28. The molecule has 9 nitrogen and oxygen atoms in total. The fourth-order valence-corrected chi connectivity index (χ4v) is 3.94. The zero-order valence-electron chi connectivity index (χ0n) is 16.3. The second-order valence-electron chi connectivity index (χ2n) is 6.41. The predicted molar refractivity (Wildman–Crippen MR) is 114 cm³/mol. The number of aromatic nitrogens is 3. The molecule has 31 heavy (non-hydrogen) atoms. The summed E-state index contributed by atoms with van der Waals surface area (Å²) in [5.74, 6) is -0.349. The van der Waals surface area contributed by atoms with Crippen molar-refractivity contribution >= 4 is 27.6 Å². The first-order chi connectivity index (χ1) is 14.9. The van der Waals surface area contributed by atoms with E-state index in [9.17, 15) is 13.2 Å². The Bertz CT molecular complexity index is 1290. The van der Waals surface area contributed by atoms with Gasteiger partial charge in [0.1, 0.15) is 5.69 Å². The predicted octanol–water partition coefficient (Wildman–Crippen LogP) is 3.21. The molecule has 2 aromatic carbocycles. The molecule has 0 atom stereocenters. The van der Waals surface area contributed by atoms with E-state index in [0.29, 0.717) is 11.4 Å². The fourth-order valence-electron chi connectivity index (χ4n) is 2.75. The van der Waals surface area contributed by atoms with Gasteiger partial charge in [-0.25, -0.2) is 8.42 Å². The molecular formula is C21H17N5O4S. The van der Waals surface area contributed by atoms with Crippen molar-refractivity contribution in [3.63, 3.8) is 0 Å². The van der Waals surface area contributed by atoms with Crippen molar-refractivity contribution in [1.29, 1.82) is 0 Å². The fraction of sp³-hybridized carbons (Fsp3) is 0.0476. The number of hydrogen-bond donors (Lipinski definition) is 1. The average molecular weight is 435 g/mol. The molecule has 0 aliphatic heterocycles. The molecule has 4 rings (SSSR count). The highest BCUT2D eigenvalue weighted by Crippen LogP contribution is 2.22. The third-order valence-corrected chi connectivity index (χ3v) is 6.22. The summed E-state index contributed by atoms with van der Waals surface area (Å²) >= 11 is 0. The molecule has 1 amide bonds. The lowest BCUT2D eigenvalue weighted by atomic mass is 10.2. The van der Waals surface area contributed by atoms with Crippen LogP contribution in [-0.2, 0) is 10.0 Å². The number of benzene rings is 2. The summed E-state index contributed by atoms with van der Waals surface area (Å²) in [6, 6.07) is 19.4. The molecule has 1 N–H and O–H groups in total. The van der Waals surface area contributed by atoms with E-state index >= 15 is 0 Å². The Balaban J connectivity index is 1.48. The Hall–Kier alpha value is -4.05. The number of para-hydroxylation sites is 1. The Labute approximate surface area is 178 Å². The summed E-state index contributed by atoms with van der Waals surface area (Å²) in [6.07, 6.45) is 1.59. The molecule has 0 saturated heterocycles. The number of anilines is 2. The minimum atomic E-state index is -3.77. The molecule has 0 spiro atoms. The van der Waals surface area contributed by atoms with Gasteiger partial charge in [0.15, 0.2) is 0 Å². The highest BCUT2D eigenvalue weighted by atomic mass is 32.2. The second-order valence-corrected chi connectivity index (χ2v) is 8.38. The van der Waals surface area contributed by atoms with Gasteiger partial charge in [-0.1, -0.05) is 29.4 Å². The summed E-state index contributed by atoms with van der Waals surface area (Å²) in [7, 11) is -2.29. The van der Waals surface area contributed by atoms with Gasteiger partial charge in [-0.3, -0.25) is 19.4 Å². The first-order valence-corrected chi connectivity index (χ1v) is 10.6. The van der Waals surface area contributed by atoms with Gasteiger partial charge in [-0.05, 0) is 48.5 Å². The first kappa shape index (κ1) is 20.2. The number of nitrogens with one attached hydrogen (secondary N) is 1. The van der Waals surface area contributed by atoms with Crippen LogP contribution in [-0.4, -0.2) is 36.6 Å². The van der Waals surface area contributed by atoms with Crippen LogP contribution in [0.15, 0.2) is 88.3 Å². The molecule has 2 heterocycles. The lowest BCUT2D eigenvalue weighted by molar-refractivity contribution is 0.102. The molecule has 4 aromatic rings. The molecule has 0 aliphatic carbocycles. The number of nitrogens with zero attached hydrogens (tertiary/aromatic N) is 4. The quantitative estimate of drug-likeness (QED) is 0.494. The van der Waals surface area contributed by atoms with E-state index < -0.39 is 15.9 Å². The van der Waals surface area contributed by atoms with Gasteiger partial charge in [-0.2, -0.15) is 0 Å². The van der Waals surface area contributed by atoms with E-state index in [2.05, 4.69) is 20.5 Å². The third kappa shape index (κ3) is 4.28. The lowest BCUT2D eigenvalue weighted by Crippen LogP contribution is -2.26. The van der Waals surface area contributed by atoms with E-state index in [0.717, 1.165) is 0 Å². The van der Waals surface area contributed by atoms with Gasteiger partial charge in [0.25, 0.3) is 21.8 Å². The largest absolute Gasteiger partial charge is 0.401 e. The van der Waals surface area contributed by atoms with Gasteiger partial charge in [-0.15, -0.1) is 5.10 Å². The highest BCUT2D eigenvalue weighted by molar-refractivity contribution is 7.92. The maximum atomic E-state index is 12.8. The monoisotopic (exact) mass is 435 g/mol. The number of hydrogen-bond acceptors (Lipinski definition) is 7. The number of rotatable bonds is 6. The second kappa shape index (κ2) is 8.36. The number of amides is 1. The number of pyridine rings is 1. The molecule has 0 unspecified atom stereocenters. The van der Waals surface area contributed by atoms with Crippen LogP contribution >= 0.6 is 0 Å². The Kier molecular flexibility index (Phi) is 5.46. The Morgan fingerprint density at radius 3 is 2.32 bits per heavy atom. The van der Waals surface area contributed by atoms with Crippen molar-refractivity contribution in [2.24, 2.45) is 0 Å². The first-order valence-electron chi connectivity index (χ1n) is 9.15. The molecule has 10 heteroatoms. The van der Waals surface area contributed by atoms with Gasteiger partial charge in [0.2, 0.25) is 0 Å². The smallest absolute Gasteiger partial charge is 0.322 e. The lowest BCUT2D eigenvalue weighted by Gasteiger charge is -2.19. The Morgan fingerprint density at radius 1 is 0.935 bits per heavy atom. The third-order valence-electron chi connectivity index (χ3n) is 4.42. The van der Waals surface area contributed by atoms with Crippen molar-refractivity contribution in [3.05, 3.63) is 84.6 Å². The molecule has 0 bridgehead atoms. The molecule has 0 saturated carbocycles. The van der Waals surface area contributed by atoms with Crippen LogP contribution in [0.25, 0.3) is 11.6 Å². The maximum absolute atomic E-state index is 12.8. The van der Waals surface area contributed by atoms with Crippen molar-refractivity contribution < 1.29 is 17.6 Å². The maximum Gasteiger partial charge on any atom is 0.322 e. The van der Waals surface area contributed by atoms with Crippen molar-refractivity contribution in [3.8, 4) is 11.6 Å². The van der Waals surface area contributed by atoms with Crippen LogP contribution in [0.4, 0.5) is 11.7 Å². The van der Waals surface area contributed by atoms with Crippen LogP contribution in [0.5, 0.6) is 0 Å². The summed E-state index contributed by atoms with van der Waals surface area (Å²) < 4.78 is 32.2. The number of carbonyl (C=O) groups is 1. The van der Waals surface area contributed by atoms with E-state index in [-0.39, 0.29) is 22.4 Å². The van der Waals surface area contributed by atoms with E-state index in [1.54, 1.807) is 54.7 Å². The van der Waals surface area contributed by atoms with Crippen LogP contribution < -0.4 is 9.62 Å². The van der Waals surface area contributed by atoms with Crippen LogP contribution in [0, 0.1) is 0 Å². The van der Waals surface area contributed by atoms with Crippen LogP contribution in [0.3, 0.4) is 0 Å². The highest BCUT2D eigenvalue weighted by Gasteiger charge is 2.22.